The van der Waals surface area contributed by atoms with Crippen LogP contribution in [0.4, 0.5) is 15.8 Å². The maximum absolute atomic E-state index is 13.2. The van der Waals surface area contributed by atoms with Crippen LogP contribution < -0.4 is 10.2 Å². The molecule has 3 aromatic rings. The van der Waals surface area contributed by atoms with Gasteiger partial charge in [-0.3, -0.25) is 4.79 Å². The standard InChI is InChI=1S/C25H29FN4O/c1-17-19(15-27-30(17)22-8-5-20(26)6-9-22)16-29-12-11-18-13-21(7-10-23(18)29)28-24(31)14-25(2,3)4/h5-10,13,15H,11-12,14,16H2,1-4H3,(H,28,31). The van der Waals surface area contributed by atoms with Crippen LogP contribution in [0.1, 0.15) is 44.0 Å². The van der Waals surface area contributed by atoms with Crippen molar-refractivity contribution in [2.45, 2.75) is 47.1 Å². The van der Waals surface area contributed by atoms with Gasteiger partial charge in [0.2, 0.25) is 5.91 Å². The molecule has 1 aliphatic heterocycles. The summed E-state index contributed by atoms with van der Waals surface area (Å²) in [6, 6.07) is 12.5. The van der Waals surface area contributed by atoms with E-state index in [1.807, 2.05) is 23.9 Å². The second-order valence-corrected chi connectivity index (χ2v) is 9.44. The minimum absolute atomic E-state index is 0.0339. The van der Waals surface area contributed by atoms with Crippen LogP contribution in [0.3, 0.4) is 0 Å². The lowest BCUT2D eigenvalue weighted by molar-refractivity contribution is -0.117. The number of aromatic nitrogens is 2. The summed E-state index contributed by atoms with van der Waals surface area (Å²) in [6.07, 6.45) is 3.33. The van der Waals surface area contributed by atoms with Crippen LogP contribution >= 0.6 is 0 Å². The van der Waals surface area contributed by atoms with E-state index in [4.69, 9.17) is 0 Å². The topological polar surface area (TPSA) is 50.2 Å². The summed E-state index contributed by atoms with van der Waals surface area (Å²) < 4.78 is 15.1. The van der Waals surface area contributed by atoms with E-state index in [-0.39, 0.29) is 17.1 Å². The number of nitrogens with one attached hydrogen (secondary N) is 1. The SMILES string of the molecule is Cc1c(CN2CCc3cc(NC(=O)CC(C)(C)C)ccc32)cnn1-c1ccc(F)cc1. The number of carbonyl (C=O) groups excluding carboxylic acids is 1. The van der Waals surface area contributed by atoms with Crippen molar-refractivity contribution < 1.29 is 9.18 Å². The molecule has 0 saturated carbocycles. The maximum atomic E-state index is 13.2. The number of hydrogen-bond donors (Lipinski definition) is 1. The van der Waals surface area contributed by atoms with Crippen molar-refractivity contribution >= 4 is 17.3 Å². The molecule has 0 spiro atoms. The first-order valence-corrected chi connectivity index (χ1v) is 10.7. The van der Waals surface area contributed by atoms with Crippen LogP contribution in [-0.2, 0) is 17.8 Å². The first kappa shape index (κ1) is 21.1. The van der Waals surface area contributed by atoms with Crippen LogP contribution in [0.15, 0.2) is 48.7 Å². The van der Waals surface area contributed by atoms with Crippen molar-refractivity contribution in [3.05, 3.63) is 71.3 Å². The number of rotatable bonds is 5. The first-order valence-electron chi connectivity index (χ1n) is 10.7. The average Bonchev–Trinajstić information content (AvgIpc) is 3.25. The third kappa shape index (κ3) is 4.79. The Morgan fingerprint density at radius 1 is 1.16 bits per heavy atom. The fourth-order valence-corrected chi connectivity index (χ4v) is 4.05. The summed E-state index contributed by atoms with van der Waals surface area (Å²) in [7, 11) is 0. The van der Waals surface area contributed by atoms with E-state index in [1.165, 1.54) is 23.4 Å². The number of halogens is 1. The van der Waals surface area contributed by atoms with Gasteiger partial charge in [0.05, 0.1) is 11.9 Å². The van der Waals surface area contributed by atoms with E-state index in [0.717, 1.165) is 42.1 Å². The zero-order valence-corrected chi connectivity index (χ0v) is 18.6. The Bertz CT molecular complexity index is 1100. The van der Waals surface area contributed by atoms with Crippen LogP contribution in [0, 0.1) is 18.2 Å². The lowest BCUT2D eigenvalue weighted by Crippen LogP contribution is -2.20. The van der Waals surface area contributed by atoms with E-state index >= 15 is 0 Å². The van der Waals surface area contributed by atoms with Gasteiger partial charge in [0, 0.05) is 42.1 Å². The van der Waals surface area contributed by atoms with Crippen molar-refractivity contribution in [3.8, 4) is 5.69 Å². The lowest BCUT2D eigenvalue weighted by atomic mass is 9.92. The third-order valence-corrected chi connectivity index (χ3v) is 5.59. The van der Waals surface area contributed by atoms with Gasteiger partial charge in [-0.25, -0.2) is 9.07 Å². The molecule has 2 aromatic carbocycles. The Morgan fingerprint density at radius 2 is 1.90 bits per heavy atom. The molecule has 0 atom stereocenters. The van der Waals surface area contributed by atoms with Gasteiger partial charge in [0.1, 0.15) is 5.82 Å². The van der Waals surface area contributed by atoms with E-state index in [0.29, 0.717) is 6.42 Å². The van der Waals surface area contributed by atoms with Crippen molar-refractivity contribution in [1.29, 1.82) is 0 Å². The molecule has 162 valence electrons. The van der Waals surface area contributed by atoms with Crippen molar-refractivity contribution in [2.75, 3.05) is 16.8 Å². The van der Waals surface area contributed by atoms with Gasteiger partial charge in [0.15, 0.2) is 0 Å². The van der Waals surface area contributed by atoms with Gasteiger partial charge >= 0.3 is 0 Å². The van der Waals surface area contributed by atoms with Crippen LogP contribution in [0.5, 0.6) is 0 Å². The molecule has 0 bridgehead atoms. The molecule has 6 heteroatoms. The highest BCUT2D eigenvalue weighted by atomic mass is 19.1. The summed E-state index contributed by atoms with van der Waals surface area (Å²) in [4.78, 5) is 14.6. The van der Waals surface area contributed by atoms with Crippen molar-refractivity contribution in [2.24, 2.45) is 5.41 Å². The Kier molecular flexibility index (Phi) is 5.56. The Labute approximate surface area is 182 Å². The number of anilines is 2. The number of nitrogens with zero attached hydrogens (tertiary/aromatic N) is 3. The number of fused-ring (bicyclic) bond motifs is 1. The molecule has 31 heavy (non-hydrogen) atoms. The highest BCUT2D eigenvalue weighted by Crippen LogP contribution is 2.32. The predicted molar refractivity (Wildman–Crippen MR) is 122 cm³/mol. The summed E-state index contributed by atoms with van der Waals surface area (Å²) in [5, 5.41) is 7.54. The molecule has 1 amide bonds. The lowest BCUT2D eigenvalue weighted by Gasteiger charge is -2.20. The van der Waals surface area contributed by atoms with Gasteiger partial charge in [-0.05, 0) is 66.8 Å². The smallest absolute Gasteiger partial charge is 0.224 e. The van der Waals surface area contributed by atoms with Crippen LogP contribution in [-0.4, -0.2) is 22.2 Å². The highest BCUT2D eigenvalue weighted by molar-refractivity contribution is 5.91. The molecule has 0 saturated heterocycles. The van der Waals surface area contributed by atoms with Gasteiger partial charge in [-0.15, -0.1) is 0 Å². The maximum Gasteiger partial charge on any atom is 0.224 e. The van der Waals surface area contributed by atoms with Gasteiger partial charge in [0.25, 0.3) is 0 Å². The molecule has 1 aliphatic rings. The van der Waals surface area contributed by atoms with E-state index in [2.05, 4.69) is 48.2 Å². The molecular weight excluding hydrogens is 391 g/mol. The summed E-state index contributed by atoms with van der Waals surface area (Å²) in [5.74, 6) is -0.206. The molecule has 0 unspecified atom stereocenters. The number of amides is 1. The predicted octanol–water partition coefficient (Wildman–Crippen LogP) is 5.26. The van der Waals surface area contributed by atoms with E-state index in [1.54, 1.807) is 12.1 Å². The fraction of sp³-hybridized carbons (Fsp3) is 0.360. The second-order valence-electron chi connectivity index (χ2n) is 9.44. The highest BCUT2D eigenvalue weighted by Gasteiger charge is 2.22. The van der Waals surface area contributed by atoms with Gasteiger partial charge < -0.3 is 10.2 Å². The summed E-state index contributed by atoms with van der Waals surface area (Å²) in [5.41, 5.74) is 6.30. The Morgan fingerprint density at radius 3 is 2.61 bits per heavy atom. The zero-order chi connectivity index (χ0) is 22.2. The van der Waals surface area contributed by atoms with Gasteiger partial charge in [-0.1, -0.05) is 20.8 Å². The van der Waals surface area contributed by atoms with E-state index < -0.39 is 0 Å². The fourth-order valence-electron chi connectivity index (χ4n) is 4.05. The molecule has 0 radical (unpaired) electrons. The van der Waals surface area contributed by atoms with Crippen LogP contribution in [0.2, 0.25) is 0 Å². The zero-order valence-electron chi connectivity index (χ0n) is 18.6. The minimum Gasteiger partial charge on any atom is -0.367 e. The largest absolute Gasteiger partial charge is 0.367 e. The third-order valence-electron chi connectivity index (χ3n) is 5.59. The second kappa shape index (κ2) is 8.17. The minimum atomic E-state index is -0.253. The van der Waals surface area contributed by atoms with E-state index in [9.17, 15) is 9.18 Å². The normalized spacial score (nSPS) is 13.4. The van der Waals surface area contributed by atoms with Gasteiger partial charge in [-0.2, -0.15) is 5.10 Å². The summed E-state index contributed by atoms with van der Waals surface area (Å²) in [6.45, 7) is 9.91. The molecule has 0 aliphatic carbocycles. The average molecular weight is 421 g/mol. The molecule has 5 nitrogen and oxygen atoms in total. The molecule has 1 aromatic heterocycles. The quantitative estimate of drug-likeness (QED) is 0.613. The molecule has 0 fully saturated rings. The number of benzene rings is 2. The molecule has 1 N–H and O–H groups in total. The summed E-state index contributed by atoms with van der Waals surface area (Å²) >= 11 is 0. The Hall–Kier alpha value is -3.15. The molecule has 4 rings (SSSR count). The Balaban J connectivity index is 1.47. The van der Waals surface area contributed by atoms with Crippen molar-refractivity contribution in [3.63, 3.8) is 0 Å². The number of carbonyl (C=O) groups is 1. The monoisotopic (exact) mass is 420 g/mol. The number of hydrogen-bond acceptors (Lipinski definition) is 3. The molecular formula is C25H29FN4O. The van der Waals surface area contributed by atoms with Crippen molar-refractivity contribution in [1.82, 2.24) is 9.78 Å². The molecule has 2 heterocycles. The first-order chi connectivity index (χ1) is 14.7. The van der Waals surface area contributed by atoms with Crippen LogP contribution in [0.25, 0.3) is 5.69 Å².